The zero-order chi connectivity index (χ0) is 14.9. The van der Waals surface area contributed by atoms with Gasteiger partial charge >= 0.3 is 0 Å². The van der Waals surface area contributed by atoms with Crippen LogP contribution in [0.3, 0.4) is 0 Å². The minimum absolute atomic E-state index is 0.0808. The summed E-state index contributed by atoms with van der Waals surface area (Å²) in [6, 6.07) is 12.9. The molecule has 21 heavy (non-hydrogen) atoms. The normalized spacial score (nSPS) is 20.7. The number of nitrogens with zero attached hydrogens (tertiary/aromatic N) is 1. The summed E-state index contributed by atoms with van der Waals surface area (Å²) in [4.78, 5) is 0.390. The summed E-state index contributed by atoms with van der Waals surface area (Å²) in [5, 5.41) is 1.72. The Morgan fingerprint density at radius 2 is 1.86 bits per heavy atom. The van der Waals surface area contributed by atoms with Crippen LogP contribution in [0.15, 0.2) is 47.4 Å². The molecule has 112 valence electrons. The maximum atomic E-state index is 13.0. The molecular weight excluding hydrogens is 284 g/mol. The maximum Gasteiger partial charge on any atom is 0.243 e. The van der Waals surface area contributed by atoms with E-state index in [2.05, 4.69) is 0 Å². The van der Waals surface area contributed by atoms with Crippen molar-refractivity contribution in [3.8, 4) is 0 Å². The molecule has 0 amide bonds. The molecule has 0 radical (unpaired) electrons. The van der Waals surface area contributed by atoms with Crippen molar-refractivity contribution in [2.24, 2.45) is 5.73 Å². The van der Waals surface area contributed by atoms with Crippen molar-refractivity contribution in [2.75, 3.05) is 13.1 Å². The summed E-state index contributed by atoms with van der Waals surface area (Å²) < 4.78 is 27.7. The molecule has 1 aliphatic rings. The van der Waals surface area contributed by atoms with E-state index < -0.39 is 10.0 Å². The third-order valence-electron chi connectivity index (χ3n) is 4.18. The molecule has 1 atom stereocenters. The van der Waals surface area contributed by atoms with E-state index in [-0.39, 0.29) is 6.04 Å². The molecule has 0 saturated carbocycles. The molecule has 5 heteroatoms. The molecule has 0 bridgehead atoms. The largest absolute Gasteiger partial charge is 0.329 e. The Morgan fingerprint density at radius 3 is 2.67 bits per heavy atom. The summed E-state index contributed by atoms with van der Waals surface area (Å²) in [5.74, 6) is 0. The first-order valence-electron chi connectivity index (χ1n) is 7.34. The summed E-state index contributed by atoms with van der Waals surface area (Å²) in [6.07, 6.45) is 2.80. The zero-order valence-corrected chi connectivity index (χ0v) is 12.7. The summed E-state index contributed by atoms with van der Waals surface area (Å²) in [6.45, 7) is 0.942. The molecule has 2 aromatic rings. The third kappa shape index (κ3) is 2.57. The van der Waals surface area contributed by atoms with Gasteiger partial charge in [-0.1, -0.05) is 42.8 Å². The fourth-order valence-corrected chi connectivity index (χ4v) is 4.99. The Balaban J connectivity index is 2.12. The van der Waals surface area contributed by atoms with Crippen LogP contribution in [0.25, 0.3) is 10.8 Å². The van der Waals surface area contributed by atoms with Gasteiger partial charge in [-0.15, -0.1) is 0 Å². The molecule has 0 aliphatic carbocycles. The van der Waals surface area contributed by atoms with Gasteiger partial charge in [0.25, 0.3) is 0 Å². The number of sulfonamides is 1. The summed E-state index contributed by atoms with van der Waals surface area (Å²) >= 11 is 0. The summed E-state index contributed by atoms with van der Waals surface area (Å²) in [5.41, 5.74) is 5.77. The SMILES string of the molecule is NC[C@@H]1CCCCN1S(=O)(=O)c1cccc2ccccc12. The van der Waals surface area contributed by atoms with Gasteiger partial charge in [0.05, 0.1) is 4.90 Å². The number of rotatable bonds is 3. The average molecular weight is 304 g/mol. The van der Waals surface area contributed by atoms with Crippen LogP contribution in [-0.4, -0.2) is 31.9 Å². The van der Waals surface area contributed by atoms with Gasteiger partial charge in [-0.2, -0.15) is 4.31 Å². The molecule has 2 aromatic carbocycles. The van der Waals surface area contributed by atoms with Gasteiger partial charge in [-0.25, -0.2) is 8.42 Å². The Bertz CT molecular complexity index is 738. The topological polar surface area (TPSA) is 63.4 Å². The molecule has 2 N–H and O–H groups in total. The molecule has 1 saturated heterocycles. The number of hydrogen-bond donors (Lipinski definition) is 1. The second-order valence-electron chi connectivity index (χ2n) is 5.48. The highest BCUT2D eigenvalue weighted by molar-refractivity contribution is 7.89. The lowest BCUT2D eigenvalue weighted by molar-refractivity contribution is 0.258. The van der Waals surface area contributed by atoms with Crippen LogP contribution in [-0.2, 0) is 10.0 Å². The van der Waals surface area contributed by atoms with Gasteiger partial charge in [0.15, 0.2) is 0 Å². The lowest BCUT2D eigenvalue weighted by atomic mass is 10.1. The fraction of sp³-hybridized carbons (Fsp3) is 0.375. The Labute approximate surface area is 125 Å². The standard InChI is InChI=1S/C16H20N2O2S/c17-12-14-8-3-4-11-18(14)21(19,20)16-10-5-7-13-6-1-2-9-15(13)16/h1-2,5-7,9-10,14H,3-4,8,11-12,17H2/t14-/m0/s1. The number of benzene rings is 2. The quantitative estimate of drug-likeness (QED) is 0.946. The molecule has 0 aromatic heterocycles. The second-order valence-corrected chi connectivity index (χ2v) is 7.34. The predicted molar refractivity (Wildman–Crippen MR) is 84.5 cm³/mol. The van der Waals surface area contributed by atoms with Crippen LogP contribution in [0.1, 0.15) is 19.3 Å². The Kier molecular flexibility index (Phi) is 3.97. The van der Waals surface area contributed by atoms with E-state index in [9.17, 15) is 8.42 Å². The van der Waals surface area contributed by atoms with Crippen LogP contribution in [0.4, 0.5) is 0 Å². The van der Waals surface area contributed by atoms with Gasteiger partial charge in [0, 0.05) is 24.5 Å². The highest BCUT2D eigenvalue weighted by atomic mass is 32.2. The van der Waals surface area contributed by atoms with Crippen LogP contribution < -0.4 is 5.73 Å². The molecule has 1 fully saturated rings. The predicted octanol–water partition coefficient (Wildman–Crippen LogP) is 2.34. The van der Waals surface area contributed by atoms with E-state index in [1.54, 1.807) is 16.4 Å². The van der Waals surface area contributed by atoms with Gasteiger partial charge in [0.2, 0.25) is 10.0 Å². The van der Waals surface area contributed by atoms with Crippen molar-refractivity contribution in [1.82, 2.24) is 4.31 Å². The number of fused-ring (bicyclic) bond motifs is 1. The van der Waals surface area contributed by atoms with Gasteiger partial charge in [0.1, 0.15) is 0 Å². The monoisotopic (exact) mass is 304 g/mol. The van der Waals surface area contributed by atoms with Crippen LogP contribution in [0.2, 0.25) is 0 Å². The lowest BCUT2D eigenvalue weighted by Gasteiger charge is -2.34. The van der Waals surface area contributed by atoms with Crippen molar-refractivity contribution in [2.45, 2.75) is 30.2 Å². The van der Waals surface area contributed by atoms with Gasteiger partial charge in [-0.05, 0) is 24.3 Å². The second kappa shape index (κ2) is 5.75. The fourth-order valence-electron chi connectivity index (χ4n) is 3.07. The molecule has 0 spiro atoms. The van der Waals surface area contributed by atoms with Crippen molar-refractivity contribution >= 4 is 20.8 Å². The minimum atomic E-state index is -3.50. The third-order valence-corrected chi connectivity index (χ3v) is 6.19. The van der Waals surface area contributed by atoms with Gasteiger partial charge in [-0.3, -0.25) is 0 Å². The number of hydrogen-bond acceptors (Lipinski definition) is 3. The first-order valence-corrected chi connectivity index (χ1v) is 8.78. The van der Waals surface area contributed by atoms with Crippen LogP contribution >= 0.6 is 0 Å². The van der Waals surface area contributed by atoms with E-state index in [0.717, 1.165) is 30.0 Å². The molecule has 3 rings (SSSR count). The smallest absolute Gasteiger partial charge is 0.243 e. The van der Waals surface area contributed by atoms with Crippen LogP contribution in [0, 0.1) is 0 Å². The highest BCUT2D eigenvalue weighted by Gasteiger charge is 2.33. The molecule has 4 nitrogen and oxygen atoms in total. The molecular formula is C16H20N2O2S. The van der Waals surface area contributed by atoms with E-state index in [0.29, 0.717) is 18.0 Å². The molecule has 1 heterocycles. The van der Waals surface area contributed by atoms with Crippen molar-refractivity contribution in [1.29, 1.82) is 0 Å². The van der Waals surface area contributed by atoms with Crippen molar-refractivity contribution < 1.29 is 8.42 Å². The molecule has 1 aliphatic heterocycles. The molecule has 0 unspecified atom stereocenters. The minimum Gasteiger partial charge on any atom is -0.329 e. The van der Waals surface area contributed by atoms with Crippen LogP contribution in [0.5, 0.6) is 0 Å². The Hall–Kier alpha value is -1.43. The first kappa shape index (κ1) is 14.5. The zero-order valence-electron chi connectivity index (χ0n) is 11.9. The van der Waals surface area contributed by atoms with E-state index in [1.165, 1.54) is 0 Å². The van der Waals surface area contributed by atoms with E-state index in [4.69, 9.17) is 5.73 Å². The Morgan fingerprint density at radius 1 is 1.10 bits per heavy atom. The first-order chi connectivity index (χ1) is 10.1. The van der Waals surface area contributed by atoms with Crippen molar-refractivity contribution in [3.63, 3.8) is 0 Å². The highest BCUT2D eigenvalue weighted by Crippen LogP contribution is 2.29. The maximum absolute atomic E-state index is 13.0. The van der Waals surface area contributed by atoms with Crippen molar-refractivity contribution in [3.05, 3.63) is 42.5 Å². The number of nitrogens with two attached hydrogens (primary N) is 1. The lowest BCUT2D eigenvalue weighted by Crippen LogP contribution is -2.47. The summed E-state index contributed by atoms with van der Waals surface area (Å²) in [7, 11) is -3.50. The van der Waals surface area contributed by atoms with E-state index >= 15 is 0 Å². The number of piperidine rings is 1. The average Bonchev–Trinajstić information content (AvgIpc) is 2.54. The van der Waals surface area contributed by atoms with Gasteiger partial charge < -0.3 is 5.73 Å². The van der Waals surface area contributed by atoms with E-state index in [1.807, 2.05) is 30.3 Å².